The molecule has 2 unspecified atom stereocenters. The minimum atomic E-state index is -5.10. The Labute approximate surface area is 301 Å². The van der Waals surface area contributed by atoms with E-state index in [1.54, 1.807) is 0 Å². The normalized spacial score (nSPS) is 13.1. The minimum absolute atomic E-state index is 0.0213. The summed E-state index contributed by atoms with van der Waals surface area (Å²) in [6.45, 7) is -2.10. The van der Waals surface area contributed by atoms with Crippen LogP contribution in [-0.4, -0.2) is 116 Å². The maximum atomic E-state index is 12.2. The maximum absolute atomic E-state index is 12.2. The Kier molecular flexibility index (Phi) is 59.5. The molecule has 0 fully saturated rings. The molecular formula is C27H48F28. The first-order valence-electron chi connectivity index (χ1n) is 13.3. The van der Waals surface area contributed by atoms with Crippen LogP contribution in [0, 0.1) is 0 Å². The molecule has 0 aliphatic carbocycles. The lowest BCUT2D eigenvalue weighted by Gasteiger charge is -2.20. The SMILES string of the molecule is CC(F)(CF)C(F)(F)F.CC(F)(F)C(F)(F)CF.CC(F)(F)CC(F)(F)F.CC(F)(F)CF.CCC(C)(F)C(F)(F)F.CCF.CF.CF.CF.CF.CF. The summed E-state index contributed by atoms with van der Waals surface area (Å²) in [6.07, 6.45) is -17.2. The van der Waals surface area contributed by atoms with Crippen LogP contribution in [0.3, 0.4) is 0 Å². The van der Waals surface area contributed by atoms with Crippen LogP contribution in [0.25, 0.3) is 0 Å². The molecule has 0 bridgehead atoms. The quantitative estimate of drug-likeness (QED) is 0.233. The molecule has 0 aromatic rings. The van der Waals surface area contributed by atoms with Crippen LogP contribution in [0.4, 0.5) is 123 Å². The first-order chi connectivity index (χ1) is 24.1. The van der Waals surface area contributed by atoms with Crippen molar-refractivity contribution in [3.05, 3.63) is 0 Å². The van der Waals surface area contributed by atoms with Crippen LogP contribution < -0.4 is 0 Å². The molecular weight excluding hydrogens is 856 g/mol. The average Bonchev–Trinajstić information content (AvgIpc) is 3.04. The molecule has 0 heterocycles. The number of alkyl halides is 28. The molecule has 0 aliphatic rings. The van der Waals surface area contributed by atoms with Crippen LogP contribution in [0.1, 0.15) is 61.3 Å². The zero-order valence-corrected chi connectivity index (χ0v) is 31.3. The summed E-state index contributed by atoms with van der Waals surface area (Å²) < 4.78 is 307. The maximum Gasteiger partial charge on any atom is 0.424 e. The molecule has 55 heavy (non-hydrogen) atoms. The molecule has 352 valence electrons. The fraction of sp³-hybridized carbons (Fsp3) is 1.00. The summed E-state index contributed by atoms with van der Waals surface area (Å²) in [4.78, 5) is 0. The van der Waals surface area contributed by atoms with Crippen molar-refractivity contribution in [2.24, 2.45) is 0 Å². The summed E-state index contributed by atoms with van der Waals surface area (Å²) >= 11 is 0. The highest BCUT2D eigenvalue weighted by atomic mass is 19.4. The zero-order chi connectivity index (χ0) is 48.7. The van der Waals surface area contributed by atoms with E-state index in [4.69, 9.17) is 0 Å². The van der Waals surface area contributed by atoms with Crippen molar-refractivity contribution in [1.29, 1.82) is 0 Å². The van der Waals surface area contributed by atoms with E-state index < -0.39 is 86.4 Å². The van der Waals surface area contributed by atoms with Gasteiger partial charge in [-0.2, -0.15) is 48.3 Å². The lowest BCUT2D eigenvalue weighted by atomic mass is 10.1. The molecule has 0 spiro atoms. The van der Waals surface area contributed by atoms with Gasteiger partial charge >= 0.3 is 30.4 Å². The van der Waals surface area contributed by atoms with Crippen LogP contribution in [0.2, 0.25) is 0 Å². The van der Waals surface area contributed by atoms with Crippen LogP contribution in [0.15, 0.2) is 0 Å². The summed E-state index contributed by atoms with van der Waals surface area (Å²) in [5.74, 6) is -15.5. The van der Waals surface area contributed by atoms with Crippen LogP contribution >= 0.6 is 0 Å². The second kappa shape index (κ2) is 40.2. The summed E-state index contributed by atoms with van der Waals surface area (Å²) in [5.41, 5.74) is -6.71. The van der Waals surface area contributed by atoms with Gasteiger partial charge in [-0.15, -0.1) is 0 Å². The Hall–Kier alpha value is -1.96. The van der Waals surface area contributed by atoms with Gasteiger partial charge in [0.1, 0.15) is 13.1 Å². The fourth-order valence-electron chi connectivity index (χ4n) is 0.745. The van der Waals surface area contributed by atoms with E-state index in [9.17, 15) is 123 Å². The van der Waals surface area contributed by atoms with E-state index in [0.29, 0.717) is 49.7 Å². The summed E-state index contributed by atoms with van der Waals surface area (Å²) in [5, 5.41) is 0. The second-order valence-corrected chi connectivity index (χ2v) is 8.94. The average molecular weight is 905 g/mol. The van der Waals surface area contributed by atoms with Crippen LogP contribution in [-0.2, 0) is 0 Å². The molecule has 0 radical (unpaired) electrons. The predicted molar refractivity (Wildman–Crippen MR) is 154 cm³/mol. The molecule has 0 saturated heterocycles. The molecule has 0 aromatic heterocycles. The van der Waals surface area contributed by atoms with Crippen molar-refractivity contribution >= 4 is 0 Å². The van der Waals surface area contributed by atoms with Gasteiger partial charge in [0, 0.05) is 13.8 Å². The Balaban J connectivity index is -0.0000000455. The zero-order valence-electron chi connectivity index (χ0n) is 31.3. The van der Waals surface area contributed by atoms with Crippen molar-refractivity contribution < 1.29 is 123 Å². The second-order valence-electron chi connectivity index (χ2n) is 8.94. The van der Waals surface area contributed by atoms with Gasteiger partial charge in [-0.1, -0.05) is 6.92 Å². The highest BCUT2D eigenvalue weighted by Crippen LogP contribution is 2.36. The molecule has 0 aromatic carbocycles. The highest BCUT2D eigenvalue weighted by Gasteiger charge is 2.53. The van der Waals surface area contributed by atoms with Gasteiger partial charge in [0.2, 0.25) is 11.3 Å². The van der Waals surface area contributed by atoms with Gasteiger partial charge in [0.15, 0.2) is 13.3 Å². The Morgan fingerprint density at radius 3 is 0.564 bits per heavy atom. The first kappa shape index (κ1) is 81.3. The third kappa shape index (κ3) is 70.3. The third-order valence-electron chi connectivity index (χ3n) is 3.65. The van der Waals surface area contributed by atoms with Gasteiger partial charge in [-0.05, 0) is 34.1 Å². The first-order valence-corrected chi connectivity index (χ1v) is 13.3. The van der Waals surface area contributed by atoms with Crippen molar-refractivity contribution in [2.75, 3.05) is 62.6 Å². The number of rotatable bonds is 6. The van der Waals surface area contributed by atoms with Crippen molar-refractivity contribution in [3.8, 4) is 0 Å². The lowest BCUT2D eigenvalue weighted by Crippen LogP contribution is -2.39. The lowest BCUT2D eigenvalue weighted by molar-refractivity contribution is -0.227. The molecule has 0 nitrogen and oxygen atoms in total. The topological polar surface area (TPSA) is 0 Å². The summed E-state index contributed by atoms with van der Waals surface area (Å²) in [7, 11) is 2.50. The van der Waals surface area contributed by atoms with Gasteiger partial charge in [-0.25, -0.2) is 48.3 Å². The smallest absolute Gasteiger partial charge is 0.255 e. The van der Waals surface area contributed by atoms with Crippen molar-refractivity contribution in [2.45, 2.75) is 115 Å². The van der Waals surface area contributed by atoms with E-state index in [1.807, 2.05) is 0 Å². The molecule has 0 saturated carbocycles. The van der Waals surface area contributed by atoms with Crippen molar-refractivity contribution in [1.82, 2.24) is 0 Å². The molecule has 2 atom stereocenters. The van der Waals surface area contributed by atoms with E-state index in [1.165, 1.54) is 6.92 Å². The standard InChI is InChI=1S/C5H8F4.3C4H5F5.C3H5F3.C2H5F.5CH3F/c1-3-4(2,6)5(7,8)9;1-3(6,7)4(8,9)2-5;1-3(6,2-5)4(7,8)9;1-3(5,6)2-4(7,8)9;1-3(5,6)2-4;1-2-3;5*1-2/h3H2,1-2H3;3*2H2,1H3;2H2,1H3;2H2,1H3;5*1H3. The predicted octanol–water partition coefficient (Wildman–Crippen LogP) is 15.3. The molecule has 28 heteroatoms. The van der Waals surface area contributed by atoms with E-state index in [-0.39, 0.29) is 27.4 Å². The molecule has 0 N–H and O–H groups in total. The Bertz CT molecular complexity index is 621. The Morgan fingerprint density at radius 1 is 0.345 bits per heavy atom. The van der Waals surface area contributed by atoms with Gasteiger partial charge in [-0.3, -0.25) is 26.3 Å². The molecule has 0 amide bonds. The van der Waals surface area contributed by atoms with Gasteiger partial charge < -0.3 is 0 Å². The number of hydrogen-bond acceptors (Lipinski definition) is 0. The number of halogens is 28. The van der Waals surface area contributed by atoms with Gasteiger partial charge in [0.05, 0.1) is 42.6 Å². The van der Waals surface area contributed by atoms with Crippen LogP contribution in [0.5, 0.6) is 0 Å². The molecule has 0 aliphatic heterocycles. The number of hydrogen-bond donors (Lipinski definition) is 0. The highest BCUT2D eigenvalue weighted by molar-refractivity contribution is 4.81. The minimum Gasteiger partial charge on any atom is -0.255 e. The summed E-state index contributed by atoms with van der Waals surface area (Å²) in [6, 6.07) is 0. The fourth-order valence-corrected chi connectivity index (χ4v) is 0.745. The third-order valence-corrected chi connectivity index (χ3v) is 3.65. The van der Waals surface area contributed by atoms with E-state index in [2.05, 4.69) is 0 Å². The van der Waals surface area contributed by atoms with Gasteiger partial charge in [0.25, 0.3) is 11.8 Å². The van der Waals surface area contributed by atoms with E-state index >= 15 is 0 Å². The largest absolute Gasteiger partial charge is 0.424 e. The van der Waals surface area contributed by atoms with Crippen molar-refractivity contribution in [3.63, 3.8) is 0 Å². The molecule has 0 rings (SSSR count). The monoisotopic (exact) mass is 904 g/mol. The Morgan fingerprint density at radius 2 is 0.564 bits per heavy atom. The van der Waals surface area contributed by atoms with E-state index in [0.717, 1.165) is 6.92 Å².